The third-order valence-electron chi connectivity index (χ3n) is 3.22. The van der Waals surface area contributed by atoms with Crippen molar-refractivity contribution >= 4 is 17.4 Å². The molecule has 0 saturated heterocycles. The van der Waals surface area contributed by atoms with E-state index in [0.29, 0.717) is 6.42 Å². The number of hydrogen-bond donors (Lipinski definition) is 0. The summed E-state index contributed by atoms with van der Waals surface area (Å²) in [7, 11) is 0. The van der Waals surface area contributed by atoms with E-state index in [9.17, 15) is 4.79 Å². The summed E-state index contributed by atoms with van der Waals surface area (Å²) in [5, 5.41) is 0.800. The van der Waals surface area contributed by atoms with Crippen LogP contribution in [0.4, 0.5) is 0 Å². The number of hydrogen-bond acceptors (Lipinski definition) is 1. The van der Waals surface area contributed by atoms with Crippen molar-refractivity contribution in [3.05, 3.63) is 58.1 Å². The van der Waals surface area contributed by atoms with E-state index in [1.807, 2.05) is 25.1 Å². The Morgan fingerprint density at radius 3 is 2.26 bits per heavy atom. The summed E-state index contributed by atoms with van der Waals surface area (Å²) < 4.78 is 0. The Bertz CT molecular complexity index is 612. The van der Waals surface area contributed by atoms with Gasteiger partial charge in [0, 0.05) is 11.4 Å². The zero-order valence-corrected chi connectivity index (χ0v) is 12.2. The smallest absolute Gasteiger partial charge is 0.134 e. The first kappa shape index (κ1) is 13.8. The molecule has 98 valence electrons. The molecule has 0 fully saturated rings. The maximum absolute atomic E-state index is 11.1. The summed E-state index contributed by atoms with van der Waals surface area (Å²) >= 11 is 6.12. The van der Waals surface area contributed by atoms with Gasteiger partial charge in [0.2, 0.25) is 0 Å². The Kier molecular flexibility index (Phi) is 4.06. The van der Waals surface area contributed by atoms with Crippen molar-refractivity contribution in [2.45, 2.75) is 27.2 Å². The second-order valence-corrected chi connectivity index (χ2v) is 5.40. The standard InChI is InChI=1S/C17H17ClO/c1-11-9-17(18)12(2)8-16(11)15-6-4-14(5-7-15)10-13(3)19/h4-9H,10H2,1-3H3. The molecular formula is C17H17ClO. The van der Waals surface area contributed by atoms with Crippen LogP contribution in [0.25, 0.3) is 11.1 Å². The number of carbonyl (C=O) groups excluding carboxylic acids is 1. The fraction of sp³-hybridized carbons (Fsp3) is 0.235. The van der Waals surface area contributed by atoms with Gasteiger partial charge in [0.25, 0.3) is 0 Å². The highest BCUT2D eigenvalue weighted by atomic mass is 35.5. The molecule has 0 aliphatic carbocycles. The summed E-state index contributed by atoms with van der Waals surface area (Å²) in [5.41, 5.74) is 5.64. The third kappa shape index (κ3) is 3.24. The molecule has 0 aliphatic rings. The number of halogens is 1. The SMILES string of the molecule is CC(=O)Cc1ccc(-c2cc(C)c(Cl)cc2C)cc1. The van der Waals surface area contributed by atoms with Crippen LogP contribution in [0, 0.1) is 13.8 Å². The van der Waals surface area contributed by atoms with Crippen LogP contribution in [0.5, 0.6) is 0 Å². The van der Waals surface area contributed by atoms with Gasteiger partial charge in [0.05, 0.1) is 0 Å². The van der Waals surface area contributed by atoms with Gasteiger partial charge >= 0.3 is 0 Å². The Morgan fingerprint density at radius 1 is 1.05 bits per heavy atom. The minimum Gasteiger partial charge on any atom is -0.300 e. The lowest BCUT2D eigenvalue weighted by Crippen LogP contribution is -1.95. The largest absolute Gasteiger partial charge is 0.300 e. The molecule has 0 amide bonds. The van der Waals surface area contributed by atoms with Gasteiger partial charge in [0.1, 0.15) is 5.78 Å². The average molecular weight is 273 g/mol. The van der Waals surface area contributed by atoms with Gasteiger partial charge in [-0.25, -0.2) is 0 Å². The van der Waals surface area contributed by atoms with Gasteiger partial charge in [0.15, 0.2) is 0 Å². The summed E-state index contributed by atoms with van der Waals surface area (Å²) in [6.45, 7) is 5.68. The number of carbonyl (C=O) groups is 1. The van der Waals surface area contributed by atoms with Crippen molar-refractivity contribution < 1.29 is 4.79 Å². The molecular weight excluding hydrogens is 256 g/mol. The van der Waals surface area contributed by atoms with E-state index in [1.54, 1.807) is 6.92 Å². The topological polar surface area (TPSA) is 17.1 Å². The van der Waals surface area contributed by atoms with E-state index in [0.717, 1.165) is 27.3 Å². The van der Waals surface area contributed by atoms with E-state index in [-0.39, 0.29) is 5.78 Å². The van der Waals surface area contributed by atoms with Crippen molar-refractivity contribution in [2.75, 3.05) is 0 Å². The molecule has 0 radical (unpaired) electrons. The predicted octanol–water partition coefficient (Wildman–Crippen LogP) is 4.76. The van der Waals surface area contributed by atoms with Crippen LogP contribution < -0.4 is 0 Å². The van der Waals surface area contributed by atoms with Gasteiger partial charge in [-0.05, 0) is 60.7 Å². The van der Waals surface area contributed by atoms with Crippen LogP contribution in [-0.4, -0.2) is 5.78 Å². The molecule has 0 bridgehead atoms. The molecule has 0 saturated carbocycles. The number of aryl methyl sites for hydroxylation is 2. The van der Waals surface area contributed by atoms with E-state index < -0.39 is 0 Å². The van der Waals surface area contributed by atoms with E-state index in [4.69, 9.17) is 11.6 Å². The molecule has 0 aromatic heterocycles. The van der Waals surface area contributed by atoms with Gasteiger partial charge in [-0.1, -0.05) is 35.9 Å². The molecule has 0 heterocycles. The molecule has 2 rings (SSSR count). The molecule has 19 heavy (non-hydrogen) atoms. The lowest BCUT2D eigenvalue weighted by atomic mass is 9.97. The normalized spacial score (nSPS) is 10.5. The second-order valence-electron chi connectivity index (χ2n) is 4.99. The fourth-order valence-electron chi connectivity index (χ4n) is 2.18. The minimum absolute atomic E-state index is 0.186. The Morgan fingerprint density at radius 2 is 1.68 bits per heavy atom. The minimum atomic E-state index is 0.186. The van der Waals surface area contributed by atoms with Crippen LogP contribution in [0.3, 0.4) is 0 Å². The van der Waals surface area contributed by atoms with Crippen LogP contribution in [0.15, 0.2) is 36.4 Å². The van der Waals surface area contributed by atoms with Gasteiger partial charge in [-0.15, -0.1) is 0 Å². The molecule has 0 N–H and O–H groups in total. The molecule has 0 unspecified atom stereocenters. The molecule has 2 aromatic carbocycles. The van der Waals surface area contributed by atoms with Gasteiger partial charge < -0.3 is 0 Å². The highest BCUT2D eigenvalue weighted by Gasteiger charge is 2.06. The van der Waals surface area contributed by atoms with E-state index in [2.05, 4.69) is 25.1 Å². The van der Waals surface area contributed by atoms with Crippen molar-refractivity contribution in [1.82, 2.24) is 0 Å². The molecule has 1 nitrogen and oxygen atoms in total. The molecule has 0 atom stereocenters. The maximum Gasteiger partial charge on any atom is 0.134 e. The van der Waals surface area contributed by atoms with Crippen LogP contribution in [-0.2, 0) is 11.2 Å². The maximum atomic E-state index is 11.1. The molecule has 2 aromatic rings. The van der Waals surface area contributed by atoms with Crippen molar-refractivity contribution in [3.63, 3.8) is 0 Å². The zero-order chi connectivity index (χ0) is 14.0. The van der Waals surface area contributed by atoms with Gasteiger partial charge in [-0.3, -0.25) is 4.79 Å². The Balaban J connectivity index is 2.37. The van der Waals surface area contributed by atoms with Crippen molar-refractivity contribution in [1.29, 1.82) is 0 Å². The zero-order valence-electron chi connectivity index (χ0n) is 11.5. The van der Waals surface area contributed by atoms with Crippen LogP contribution >= 0.6 is 11.6 Å². The second kappa shape index (κ2) is 5.58. The molecule has 2 heteroatoms. The number of ketones is 1. The number of benzene rings is 2. The molecule has 0 spiro atoms. The van der Waals surface area contributed by atoms with Crippen molar-refractivity contribution in [3.8, 4) is 11.1 Å². The highest BCUT2D eigenvalue weighted by molar-refractivity contribution is 6.31. The monoisotopic (exact) mass is 272 g/mol. The average Bonchev–Trinajstić information content (AvgIpc) is 2.34. The first-order valence-corrected chi connectivity index (χ1v) is 6.70. The van der Waals surface area contributed by atoms with E-state index in [1.165, 1.54) is 5.56 Å². The molecule has 0 aliphatic heterocycles. The third-order valence-corrected chi connectivity index (χ3v) is 3.63. The first-order chi connectivity index (χ1) is 8.97. The van der Waals surface area contributed by atoms with E-state index >= 15 is 0 Å². The number of Topliss-reactive ketones (excluding diaryl/α,β-unsaturated/α-hetero) is 1. The quantitative estimate of drug-likeness (QED) is 0.788. The number of rotatable bonds is 3. The van der Waals surface area contributed by atoms with Crippen LogP contribution in [0.2, 0.25) is 5.02 Å². The summed E-state index contributed by atoms with van der Waals surface area (Å²) in [6.07, 6.45) is 0.499. The summed E-state index contributed by atoms with van der Waals surface area (Å²) in [6, 6.07) is 12.3. The Hall–Kier alpha value is -1.60. The highest BCUT2D eigenvalue weighted by Crippen LogP contribution is 2.29. The fourth-order valence-corrected chi connectivity index (χ4v) is 2.40. The lowest BCUT2D eigenvalue weighted by molar-refractivity contribution is -0.116. The van der Waals surface area contributed by atoms with Crippen LogP contribution in [0.1, 0.15) is 23.6 Å². The Labute approximate surface area is 119 Å². The van der Waals surface area contributed by atoms with Gasteiger partial charge in [-0.2, -0.15) is 0 Å². The predicted molar refractivity (Wildman–Crippen MR) is 80.7 cm³/mol. The summed E-state index contributed by atoms with van der Waals surface area (Å²) in [4.78, 5) is 11.1. The summed E-state index contributed by atoms with van der Waals surface area (Å²) in [5.74, 6) is 0.186. The lowest BCUT2D eigenvalue weighted by Gasteiger charge is -2.10. The van der Waals surface area contributed by atoms with Crippen molar-refractivity contribution in [2.24, 2.45) is 0 Å². The first-order valence-electron chi connectivity index (χ1n) is 6.33.